The van der Waals surface area contributed by atoms with Gasteiger partial charge in [-0.05, 0) is 43.9 Å². The molecule has 9 heteroatoms. The van der Waals surface area contributed by atoms with E-state index in [4.69, 9.17) is 21.3 Å². The van der Waals surface area contributed by atoms with Gasteiger partial charge in [0.25, 0.3) is 0 Å². The van der Waals surface area contributed by atoms with Crippen molar-refractivity contribution >= 4 is 37.5 Å². The van der Waals surface area contributed by atoms with Crippen molar-refractivity contribution in [2.75, 3.05) is 26.5 Å². The number of rotatable bonds is 5. The number of hydrazine groups is 1. The van der Waals surface area contributed by atoms with Crippen molar-refractivity contribution in [1.29, 1.82) is 0 Å². The van der Waals surface area contributed by atoms with E-state index in [2.05, 4.69) is 4.57 Å². The second-order valence-corrected chi connectivity index (χ2v) is 10.3. The third kappa shape index (κ3) is 4.00. The summed E-state index contributed by atoms with van der Waals surface area (Å²) in [4.78, 5) is 5.00. The molecule has 0 bridgehead atoms. The number of pyridine rings is 1. The highest BCUT2D eigenvalue weighted by atomic mass is 32.2. The highest BCUT2D eigenvalue weighted by Gasteiger charge is 2.23. The van der Waals surface area contributed by atoms with Crippen LogP contribution in [0.3, 0.4) is 0 Å². The Morgan fingerprint density at radius 1 is 1.29 bits per heavy atom. The predicted octanol–water partition coefficient (Wildman–Crippen LogP) is 2.47. The Hall–Kier alpha value is -2.62. The van der Waals surface area contributed by atoms with E-state index in [1.165, 1.54) is 11.3 Å². The Kier molecular flexibility index (Phi) is 5.67. The zero-order chi connectivity index (χ0) is 22.3. The number of aromatic nitrogens is 2. The number of sulfone groups is 1. The quantitative estimate of drug-likeness (QED) is 0.459. The highest BCUT2D eigenvalue weighted by molar-refractivity contribution is 7.91. The lowest BCUT2D eigenvalue weighted by molar-refractivity contribution is 0.0620. The van der Waals surface area contributed by atoms with Crippen LogP contribution in [0.4, 0.5) is 0 Å². The van der Waals surface area contributed by atoms with Crippen LogP contribution in [0.1, 0.15) is 25.3 Å². The fourth-order valence-electron chi connectivity index (χ4n) is 4.50. The minimum atomic E-state index is -3.42. The molecular formula is C22H29N5O3S. The summed E-state index contributed by atoms with van der Waals surface area (Å²) in [6.07, 6.45) is 4.88. The van der Waals surface area contributed by atoms with Crippen LogP contribution in [0.25, 0.3) is 27.6 Å². The normalized spacial score (nSPS) is 16.6. The molecule has 0 radical (unpaired) electrons. The van der Waals surface area contributed by atoms with Crippen LogP contribution < -0.4 is 11.6 Å². The molecule has 31 heavy (non-hydrogen) atoms. The molecule has 3 heterocycles. The summed E-state index contributed by atoms with van der Waals surface area (Å²) in [5.74, 6) is 6.47. The van der Waals surface area contributed by atoms with Gasteiger partial charge in [-0.3, -0.25) is 4.98 Å². The number of nitrogens with two attached hydrogens (primary N) is 2. The number of hydrogen-bond acceptors (Lipinski definition) is 7. The van der Waals surface area contributed by atoms with Crippen LogP contribution >= 0.6 is 0 Å². The first-order valence-corrected chi connectivity index (χ1v) is 12.2. The Balaban J connectivity index is 2.02. The first-order valence-electron chi connectivity index (χ1n) is 10.3. The lowest BCUT2D eigenvalue weighted by Gasteiger charge is -2.23. The second kappa shape index (κ2) is 8.14. The molecule has 1 aliphatic heterocycles. The third-order valence-corrected chi connectivity index (χ3v) is 7.01. The Bertz CT molecular complexity index is 1270. The van der Waals surface area contributed by atoms with Gasteiger partial charge in [-0.2, -0.15) is 0 Å². The molecule has 3 aromatic rings. The van der Waals surface area contributed by atoms with Gasteiger partial charge in [0.1, 0.15) is 0 Å². The van der Waals surface area contributed by atoms with E-state index < -0.39 is 9.84 Å². The Labute approximate surface area is 182 Å². The van der Waals surface area contributed by atoms with Gasteiger partial charge in [0.15, 0.2) is 9.84 Å². The summed E-state index contributed by atoms with van der Waals surface area (Å²) in [5, 5.41) is 2.14. The molecular weight excluding hydrogens is 414 g/mol. The molecule has 1 aliphatic rings. The number of hydrogen-bond donors (Lipinski definition) is 2. The van der Waals surface area contributed by atoms with Crippen molar-refractivity contribution in [1.82, 2.24) is 14.6 Å². The van der Waals surface area contributed by atoms with Gasteiger partial charge in [-0.25, -0.2) is 14.3 Å². The van der Waals surface area contributed by atoms with Crippen molar-refractivity contribution in [2.24, 2.45) is 17.5 Å². The van der Waals surface area contributed by atoms with Crippen molar-refractivity contribution in [3.05, 3.63) is 41.7 Å². The molecule has 0 saturated carbocycles. The predicted molar refractivity (Wildman–Crippen MR) is 123 cm³/mol. The van der Waals surface area contributed by atoms with Crippen molar-refractivity contribution < 1.29 is 13.2 Å². The Morgan fingerprint density at radius 2 is 2.00 bits per heavy atom. The van der Waals surface area contributed by atoms with E-state index in [9.17, 15) is 8.42 Å². The van der Waals surface area contributed by atoms with Gasteiger partial charge in [-0.1, -0.05) is 6.07 Å². The van der Waals surface area contributed by atoms with Gasteiger partial charge in [-0.15, -0.1) is 0 Å². The zero-order valence-corrected chi connectivity index (χ0v) is 18.9. The smallest absolute Gasteiger partial charge is 0.176 e. The van der Waals surface area contributed by atoms with Crippen LogP contribution in [0.15, 0.2) is 41.1 Å². The molecule has 4 N–H and O–H groups in total. The maximum absolute atomic E-state index is 12.5. The fraction of sp³-hybridized carbons (Fsp3) is 0.409. The molecule has 4 rings (SSSR count). The zero-order valence-electron chi connectivity index (χ0n) is 18.1. The van der Waals surface area contributed by atoms with Crippen molar-refractivity contribution in [3.63, 3.8) is 0 Å². The van der Waals surface area contributed by atoms with Crippen LogP contribution in [0.5, 0.6) is 0 Å². The summed E-state index contributed by atoms with van der Waals surface area (Å²) >= 11 is 0. The van der Waals surface area contributed by atoms with E-state index in [1.807, 2.05) is 12.1 Å². The van der Waals surface area contributed by atoms with E-state index in [1.54, 1.807) is 32.3 Å². The number of nitrogens with zero attached hydrogens (tertiary/aromatic N) is 3. The van der Waals surface area contributed by atoms with Crippen LogP contribution in [-0.4, -0.2) is 49.5 Å². The third-order valence-electron chi connectivity index (χ3n) is 5.87. The molecule has 1 saturated heterocycles. The van der Waals surface area contributed by atoms with Crippen molar-refractivity contribution in [3.8, 4) is 0 Å². The van der Waals surface area contributed by atoms with Gasteiger partial charge >= 0.3 is 0 Å². The van der Waals surface area contributed by atoms with E-state index >= 15 is 0 Å². The Morgan fingerprint density at radius 3 is 2.61 bits per heavy atom. The molecule has 0 amide bonds. The van der Waals surface area contributed by atoms with Gasteiger partial charge < -0.3 is 20.0 Å². The molecule has 0 unspecified atom stereocenters. The lowest BCUT2D eigenvalue weighted by atomic mass is 10.0. The van der Waals surface area contributed by atoms with E-state index in [0.29, 0.717) is 33.1 Å². The van der Waals surface area contributed by atoms with Gasteiger partial charge in [0.2, 0.25) is 0 Å². The van der Waals surface area contributed by atoms with Crippen LogP contribution in [0, 0.1) is 5.92 Å². The molecule has 0 aliphatic carbocycles. The summed E-state index contributed by atoms with van der Waals surface area (Å²) in [5.41, 5.74) is 10.5. The summed E-state index contributed by atoms with van der Waals surface area (Å²) < 4.78 is 32.8. The monoisotopic (exact) mass is 443 g/mol. The molecule has 1 fully saturated rings. The largest absolute Gasteiger partial charge is 0.401 e. The summed E-state index contributed by atoms with van der Waals surface area (Å²) in [7, 11) is -1.69. The number of allylic oxidation sites excluding steroid dienone is 1. The topological polar surface area (TPSA) is 116 Å². The maximum atomic E-state index is 12.5. The molecule has 8 nitrogen and oxygen atoms in total. The minimum absolute atomic E-state index is 0.294. The van der Waals surface area contributed by atoms with Crippen LogP contribution in [-0.2, 0) is 21.1 Å². The minimum Gasteiger partial charge on any atom is -0.401 e. The lowest BCUT2D eigenvalue weighted by Crippen LogP contribution is -2.26. The molecule has 2 aromatic heterocycles. The van der Waals surface area contributed by atoms with E-state index in [0.717, 1.165) is 49.2 Å². The fourth-order valence-corrected chi connectivity index (χ4v) is 5.39. The summed E-state index contributed by atoms with van der Waals surface area (Å²) in [6, 6.07) is 7.41. The SMILES string of the molecule is C/C(N)=C(\c1cnc2c3c(S(C)(=O)=O)cccc3n(CC3CCOCC3)c2c1)N(C)N. The number of fused-ring (bicyclic) bond motifs is 3. The molecule has 0 spiro atoms. The molecule has 0 atom stereocenters. The number of benzene rings is 1. The second-order valence-electron chi connectivity index (χ2n) is 8.32. The standard InChI is InChI=1S/C22H29N5O3S/c1-14(23)22(26(2)24)16-11-18-21(25-12-16)20-17(5-4-6-19(20)31(3,28)29)27(18)13-15-7-9-30-10-8-15/h4-6,11-12,15H,7-10,13,23-24H2,1-3H3/b22-14-. The molecule has 1 aromatic carbocycles. The van der Waals surface area contributed by atoms with Crippen LogP contribution in [0.2, 0.25) is 0 Å². The average Bonchev–Trinajstić information content (AvgIpc) is 3.01. The van der Waals surface area contributed by atoms with Gasteiger partial charge in [0.05, 0.1) is 27.1 Å². The van der Waals surface area contributed by atoms with Gasteiger partial charge in [0, 0.05) is 55.9 Å². The summed E-state index contributed by atoms with van der Waals surface area (Å²) in [6.45, 7) is 4.05. The maximum Gasteiger partial charge on any atom is 0.176 e. The number of ether oxygens (including phenoxy) is 1. The first-order chi connectivity index (χ1) is 14.7. The van der Waals surface area contributed by atoms with Crippen molar-refractivity contribution in [2.45, 2.75) is 31.2 Å². The average molecular weight is 444 g/mol. The highest BCUT2D eigenvalue weighted by Crippen LogP contribution is 2.35. The molecule has 166 valence electrons. The first kappa shape index (κ1) is 21.6. The van der Waals surface area contributed by atoms with E-state index in [-0.39, 0.29) is 0 Å².